The summed E-state index contributed by atoms with van der Waals surface area (Å²) in [6, 6.07) is 3.97. The predicted molar refractivity (Wildman–Crippen MR) is 86.9 cm³/mol. The van der Waals surface area contributed by atoms with Crippen molar-refractivity contribution in [2.45, 2.75) is 6.04 Å². The molecule has 0 aliphatic carbocycles. The van der Waals surface area contributed by atoms with Crippen molar-refractivity contribution >= 4 is 11.8 Å². The highest BCUT2D eigenvalue weighted by molar-refractivity contribution is 5.92. The molecule has 8 nitrogen and oxygen atoms in total. The summed E-state index contributed by atoms with van der Waals surface area (Å²) in [5, 5.41) is 12.4. The Bertz CT molecular complexity index is 676. The molecular formula is C16H19N5O3. The average Bonchev–Trinajstić information content (AvgIpc) is 2.64. The Morgan fingerprint density at radius 3 is 2.88 bits per heavy atom. The molecule has 0 unspecified atom stereocenters. The molecule has 1 saturated heterocycles. The third-order valence-corrected chi connectivity index (χ3v) is 3.96. The first-order valence-corrected chi connectivity index (χ1v) is 7.74. The first kappa shape index (κ1) is 16.3. The zero-order valence-corrected chi connectivity index (χ0v) is 13.1. The number of aromatic carboxylic acids is 1. The second-order valence-corrected chi connectivity index (χ2v) is 5.42. The third-order valence-electron chi connectivity index (χ3n) is 3.96. The first-order chi connectivity index (χ1) is 11.8. The molecular weight excluding hydrogens is 310 g/mol. The van der Waals surface area contributed by atoms with Crippen LogP contribution in [0.2, 0.25) is 0 Å². The number of hydrogen-bond donors (Lipinski definition) is 2. The molecule has 0 radical (unpaired) electrons. The van der Waals surface area contributed by atoms with Crippen LogP contribution in [0.4, 0.5) is 5.82 Å². The lowest BCUT2D eigenvalue weighted by Gasteiger charge is -2.34. The van der Waals surface area contributed by atoms with E-state index < -0.39 is 5.97 Å². The van der Waals surface area contributed by atoms with E-state index in [4.69, 9.17) is 4.74 Å². The van der Waals surface area contributed by atoms with E-state index in [9.17, 15) is 9.90 Å². The van der Waals surface area contributed by atoms with Gasteiger partial charge in [-0.05, 0) is 11.6 Å². The highest BCUT2D eigenvalue weighted by Crippen LogP contribution is 2.22. The zero-order valence-electron chi connectivity index (χ0n) is 13.1. The van der Waals surface area contributed by atoms with Gasteiger partial charge in [-0.1, -0.05) is 6.07 Å². The van der Waals surface area contributed by atoms with Crippen LogP contribution in [0.1, 0.15) is 22.0 Å². The van der Waals surface area contributed by atoms with Crippen molar-refractivity contribution in [2.24, 2.45) is 0 Å². The minimum atomic E-state index is -1.05. The van der Waals surface area contributed by atoms with E-state index in [1.165, 1.54) is 12.5 Å². The van der Waals surface area contributed by atoms with Gasteiger partial charge in [0.2, 0.25) is 0 Å². The van der Waals surface area contributed by atoms with Gasteiger partial charge in [0.15, 0.2) is 0 Å². The summed E-state index contributed by atoms with van der Waals surface area (Å²) in [4.78, 5) is 25.6. The van der Waals surface area contributed by atoms with Crippen molar-refractivity contribution in [3.05, 3.63) is 48.2 Å². The molecule has 8 heteroatoms. The molecule has 3 rings (SSSR count). The molecule has 3 heterocycles. The number of carbonyl (C=O) groups is 1. The number of ether oxygens (including phenoxy) is 1. The summed E-state index contributed by atoms with van der Waals surface area (Å²) in [7, 11) is 0. The van der Waals surface area contributed by atoms with E-state index in [0.29, 0.717) is 25.6 Å². The van der Waals surface area contributed by atoms with E-state index in [2.05, 4.69) is 25.2 Å². The van der Waals surface area contributed by atoms with Crippen LogP contribution < -0.4 is 5.32 Å². The lowest BCUT2D eigenvalue weighted by atomic mass is 10.1. The minimum absolute atomic E-state index is 0.0548. The second-order valence-electron chi connectivity index (χ2n) is 5.42. The standard InChI is InChI=1S/C16H19N5O3/c22-16(23)13-9-18-11-20-15(13)19-10-14(12-2-1-3-17-8-12)21-4-6-24-7-5-21/h1-3,8-9,11,14H,4-7,10H2,(H,22,23)(H,18,19,20)/t14-/m1/s1. The van der Waals surface area contributed by atoms with Gasteiger partial charge in [-0.25, -0.2) is 14.8 Å². The van der Waals surface area contributed by atoms with E-state index in [1.807, 2.05) is 18.3 Å². The summed E-state index contributed by atoms with van der Waals surface area (Å²) in [5.41, 5.74) is 1.13. The number of rotatable bonds is 6. The molecule has 24 heavy (non-hydrogen) atoms. The van der Waals surface area contributed by atoms with E-state index in [1.54, 1.807) is 6.20 Å². The second kappa shape index (κ2) is 7.80. The Morgan fingerprint density at radius 2 is 2.17 bits per heavy atom. The van der Waals surface area contributed by atoms with Crippen LogP contribution in [-0.2, 0) is 4.74 Å². The molecule has 1 aliphatic rings. The molecule has 1 fully saturated rings. The lowest BCUT2D eigenvalue weighted by molar-refractivity contribution is 0.0186. The number of anilines is 1. The highest BCUT2D eigenvalue weighted by Gasteiger charge is 2.23. The van der Waals surface area contributed by atoms with E-state index >= 15 is 0 Å². The summed E-state index contributed by atoms with van der Waals surface area (Å²) in [5.74, 6) is -0.734. The third kappa shape index (κ3) is 3.84. The fourth-order valence-corrected chi connectivity index (χ4v) is 2.74. The van der Waals surface area contributed by atoms with Gasteiger partial charge in [0, 0.05) is 38.2 Å². The number of nitrogens with zero attached hydrogens (tertiary/aromatic N) is 4. The van der Waals surface area contributed by atoms with Crippen molar-refractivity contribution in [1.29, 1.82) is 0 Å². The Labute approximate surface area is 139 Å². The molecule has 2 N–H and O–H groups in total. The molecule has 2 aromatic heterocycles. The van der Waals surface area contributed by atoms with Gasteiger partial charge in [0.25, 0.3) is 0 Å². The van der Waals surface area contributed by atoms with Crippen molar-refractivity contribution < 1.29 is 14.6 Å². The van der Waals surface area contributed by atoms with Crippen molar-refractivity contribution in [1.82, 2.24) is 19.9 Å². The molecule has 2 aromatic rings. The molecule has 0 bridgehead atoms. The summed E-state index contributed by atoms with van der Waals surface area (Å²) in [6.07, 6.45) is 6.20. The van der Waals surface area contributed by atoms with Crippen LogP contribution in [-0.4, -0.2) is 63.8 Å². The lowest BCUT2D eigenvalue weighted by Crippen LogP contribution is -2.41. The highest BCUT2D eigenvalue weighted by atomic mass is 16.5. The molecule has 1 atom stereocenters. The summed E-state index contributed by atoms with van der Waals surface area (Å²) in [6.45, 7) is 3.52. The first-order valence-electron chi connectivity index (χ1n) is 7.74. The number of carboxylic acid groups (broad SMARTS) is 1. The monoisotopic (exact) mass is 329 g/mol. The maximum absolute atomic E-state index is 11.3. The van der Waals surface area contributed by atoms with Gasteiger partial charge in [-0.2, -0.15) is 0 Å². The van der Waals surface area contributed by atoms with Gasteiger partial charge >= 0.3 is 5.97 Å². The maximum atomic E-state index is 11.3. The largest absolute Gasteiger partial charge is 0.477 e. The SMILES string of the molecule is O=C(O)c1cncnc1NC[C@H](c1cccnc1)N1CCOCC1. The zero-order chi connectivity index (χ0) is 16.8. The average molecular weight is 329 g/mol. The van der Waals surface area contributed by atoms with Crippen LogP contribution in [0.25, 0.3) is 0 Å². The van der Waals surface area contributed by atoms with Gasteiger partial charge in [0.05, 0.1) is 19.3 Å². The molecule has 0 spiro atoms. The van der Waals surface area contributed by atoms with Crippen LogP contribution in [0.15, 0.2) is 37.1 Å². The van der Waals surface area contributed by atoms with Crippen LogP contribution in [0, 0.1) is 0 Å². The minimum Gasteiger partial charge on any atom is -0.477 e. The topological polar surface area (TPSA) is 100 Å². The molecule has 126 valence electrons. The quantitative estimate of drug-likeness (QED) is 0.811. The van der Waals surface area contributed by atoms with Gasteiger partial charge in [-0.3, -0.25) is 9.88 Å². The molecule has 0 aromatic carbocycles. The van der Waals surface area contributed by atoms with Crippen LogP contribution in [0.5, 0.6) is 0 Å². The summed E-state index contributed by atoms with van der Waals surface area (Å²) >= 11 is 0. The number of carboxylic acids is 1. The van der Waals surface area contributed by atoms with E-state index in [-0.39, 0.29) is 11.6 Å². The molecule has 0 amide bonds. The fourth-order valence-electron chi connectivity index (χ4n) is 2.74. The smallest absolute Gasteiger partial charge is 0.341 e. The fraction of sp³-hybridized carbons (Fsp3) is 0.375. The van der Waals surface area contributed by atoms with E-state index in [0.717, 1.165) is 18.7 Å². The van der Waals surface area contributed by atoms with Gasteiger partial charge in [-0.15, -0.1) is 0 Å². The Balaban J connectivity index is 1.78. The molecule has 1 aliphatic heterocycles. The number of morpholine rings is 1. The van der Waals surface area contributed by atoms with Gasteiger partial charge in [0.1, 0.15) is 17.7 Å². The van der Waals surface area contributed by atoms with Crippen molar-refractivity contribution in [2.75, 3.05) is 38.2 Å². The van der Waals surface area contributed by atoms with Crippen molar-refractivity contribution in [3.63, 3.8) is 0 Å². The van der Waals surface area contributed by atoms with Crippen molar-refractivity contribution in [3.8, 4) is 0 Å². The Morgan fingerprint density at radius 1 is 1.33 bits per heavy atom. The number of pyridine rings is 1. The molecule has 0 saturated carbocycles. The maximum Gasteiger partial charge on any atom is 0.341 e. The Hall–Kier alpha value is -2.58. The number of nitrogens with one attached hydrogen (secondary N) is 1. The number of aromatic nitrogens is 3. The Kier molecular flexibility index (Phi) is 5.29. The van der Waals surface area contributed by atoms with Crippen LogP contribution >= 0.6 is 0 Å². The van der Waals surface area contributed by atoms with Gasteiger partial charge < -0.3 is 15.2 Å². The predicted octanol–water partition coefficient (Wildman–Crippen LogP) is 1.06. The summed E-state index contributed by atoms with van der Waals surface area (Å²) < 4.78 is 5.42. The normalized spacial score (nSPS) is 16.5. The number of hydrogen-bond acceptors (Lipinski definition) is 7. The van der Waals surface area contributed by atoms with Crippen LogP contribution in [0.3, 0.4) is 0 Å².